The number of nitrogens with one attached hydrogen (secondary N) is 1. The van der Waals surface area contributed by atoms with E-state index in [1.807, 2.05) is 6.07 Å². The van der Waals surface area contributed by atoms with Gasteiger partial charge in [-0.2, -0.15) is 5.26 Å². The summed E-state index contributed by atoms with van der Waals surface area (Å²) >= 11 is 0. The molecule has 0 unspecified atom stereocenters. The van der Waals surface area contributed by atoms with E-state index < -0.39 is 17.7 Å². The quantitative estimate of drug-likeness (QED) is 0.676. The van der Waals surface area contributed by atoms with Gasteiger partial charge in [0, 0.05) is 36.3 Å². The average Bonchev–Trinajstić information content (AvgIpc) is 3.09. The number of carbonyl (C=O) groups is 1. The number of aromatic nitrogens is 2. The third-order valence-electron chi connectivity index (χ3n) is 5.80. The molecule has 1 aliphatic rings. The number of halogens is 2. The zero-order chi connectivity index (χ0) is 21.4. The van der Waals surface area contributed by atoms with E-state index >= 15 is 0 Å². The lowest BCUT2D eigenvalue weighted by Gasteiger charge is -2.41. The van der Waals surface area contributed by atoms with Crippen LogP contribution in [-0.4, -0.2) is 26.8 Å². The number of H-pyrrole nitrogens is 1. The van der Waals surface area contributed by atoms with Crippen LogP contribution in [0.1, 0.15) is 61.7 Å². The number of nitriles is 1. The molecule has 1 aromatic carbocycles. The van der Waals surface area contributed by atoms with Crippen LogP contribution in [0.25, 0.3) is 10.9 Å². The Morgan fingerprint density at radius 1 is 1.37 bits per heavy atom. The van der Waals surface area contributed by atoms with Crippen molar-refractivity contribution in [1.82, 2.24) is 14.9 Å². The molecule has 0 fully saturated rings. The molecule has 0 saturated carbocycles. The van der Waals surface area contributed by atoms with E-state index in [1.54, 1.807) is 17.0 Å². The first-order chi connectivity index (χ1) is 14.4. The normalized spacial score (nSPS) is 18.3. The molecule has 1 aliphatic heterocycles. The second-order valence-corrected chi connectivity index (χ2v) is 7.74. The fourth-order valence-corrected chi connectivity index (χ4v) is 4.47. The van der Waals surface area contributed by atoms with Crippen molar-refractivity contribution in [3.05, 3.63) is 64.6 Å². The Bertz CT molecular complexity index is 1150. The van der Waals surface area contributed by atoms with E-state index in [1.165, 1.54) is 19.2 Å². The van der Waals surface area contributed by atoms with E-state index in [9.17, 15) is 13.6 Å². The number of pyridine rings is 1. The highest BCUT2D eigenvalue weighted by Crippen LogP contribution is 2.42. The van der Waals surface area contributed by atoms with Crippen molar-refractivity contribution in [3.63, 3.8) is 0 Å². The standard InChI is InChI=1S/C23H22F2N4O/c1-3-4-5-16-10-18-17-8-15(24)9-19(25)21(17)28-22(18)23(29(16)13(2)30)20-7-6-14(11-26)12-27-20/h6-9,12,16,23,28H,3-5,10H2,1-2H3/t16-,23-/m0/s1. The predicted octanol–water partition coefficient (Wildman–Crippen LogP) is 4.77. The molecule has 2 aromatic heterocycles. The minimum atomic E-state index is -0.662. The monoisotopic (exact) mass is 408 g/mol. The molecule has 4 rings (SSSR count). The Morgan fingerprint density at radius 2 is 2.17 bits per heavy atom. The molecule has 7 heteroatoms. The van der Waals surface area contributed by atoms with Gasteiger partial charge in [0.15, 0.2) is 0 Å². The molecule has 1 N–H and O–H groups in total. The zero-order valence-electron chi connectivity index (χ0n) is 16.9. The minimum Gasteiger partial charge on any atom is -0.354 e. The van der Waals surface area contributed by atoms with Crippen molar-refractivity contribution < 1.29 is 13.6 Å². The van der Waals surface area contributed by atoms with Gasteiger partial charge < -0.3 is 9.88 Å². The van der Waals surface area contributed by atoms with Gasteiger partial charge in [0.2, 0.25) is 5.91 Å². The Kier molecular flexibility index (Phi) is 5.25. The van der Waals surface area contributed by atoms with Crippen molar-refractivity contribution in [1.29, 1.82) is 5.26 Å². The molecule has 0 spiro atoms. The molecule has 30 heavy (non-hydrogen) atoms. The number of rotatable bonds is 4. The number of aromatic amines is 1. The van der Waals surface area contributed by atoms with Crippen LogP contribution in [-0.2, 0) is 11.2 Å². The van der Waals surface area contributed by atoms with Crippen LogP contribution in [0, 0.1) is 23.0 Å². The molecule has 0 saturated heterocycles. The Balaban J connectivity index is 1.95. The summed E-state index contributed by atoms with van der Waals surface area (Å²) < 4.78 is 28.5. The molecule has 0 bridgehead atoms. The molecule has 0 aliphatic carbocycles. The van der Waals surface area contributed by atoms with Gasteiger partial charge in [-0.3, -0.25) is 9.78 Å². The van der Waals surface area contributed by atoms with Crippen LogP contribution in [0.3, 0.4) is 0 Å². The molecular weight excluding hydrogens is 386 g/mol. The molecule has 3 aromatic rings. The van der Waals surface area contributed by atoms with Crippen LogP contribution >= 0.6 is 0 Å². The highest BCUT2D eigenvalue weighted by Gasteiger charge is 2.39. The fraction of sp³-hybridized carbons (Fsp3) is 0.348. The van der Waals surface area contributed by atoms with E-state index in [2.05, 4.69) is 16.9 Å². The van der Waals surface area contributed by atoms with Gasteiger partial charge in [0.25, 0.3) is 0 Å². The summed E-state index contributed by atoms with van der Waals surface area (Å²) in [4.78, 5) is 22.0. The number of fused-ring (bicyclic) bond motifs is 3. The number of unbranched alkanes of at least 4 members (excludes halogenated alkanes) is 1. The molecule has 3 heterocycles. The molecule has 1 amide bonds. The summed E-state index contributed by atoms with van der Waals surface area (Å²) in [6, 6.07) is 6.94. The van der Waals surface area contributed by atoms with E-state index in [4.69, 9.17) is 5.26 Å². The van der Waals surface area contributed by atoms with Crippen LogP contribution < -0.4 is 0 Å². The minimum absolute atomic E-state index is 0.108. The lowest BCUT2D eigenvalue weighted by atomic mass is 9.87. The van der Waals surface area contributed by atoms with Crippen molar-refractivity contribution in [3.8, 4) is 6.07 Å². The maximum absolute atomic E-state index is 14.5. The number of amides is 1. The summed E-state index contributed by atoms with van der Waals surface area (Å²) in [5, 5.41) is 9.60. The second kappa shape index (κ2) is 7.86. The van der Waals surface area contributed by atoms with Crippen molar-refractivity contribution in [2.75, 3.05) is 0 Å². The van der Waals surface area contributed by atoms with Gasteiger partial charge in [-0.15, -0.1) is 0 Å². The number of hydrogen-bond donors (Lipinski definition) is 1. The average molecular weight is 408 g/mol. The van der Waals surface area contributed by atoms with E-state index in [0.29, 0.717) is 28.8 Å². The van der Waals surface area contributed by atoms with Gasteiger partial charge >= 0.3 is 0 Å². The van der Waals surface area contributed by atoms with E-state index in [0.717, 1.165) is 30.9 Å². The summed E-state index contributed by atoms with van der Waals surface area (Å²) in [5.74, 6) is -1.40. The molecule has 154 valence electrons. The third kappa shape index (κ3) is 3.32. The first-order valence-electron chi connectivity index (χ1n) is 10.1. The number of benzene rings is 1. The lowest BCUT2D eigenvalue weighted by molar-refractivity contribution is -0.134. The third-order valence-corrected chi connectivity index (χ3v) is 5.80. The topological polar surface area (TPSA) is 72.8 Å². The number of nitrogens with zero attached hydrogens (tertiary/aromatic N) is 3. The maximum Gasteiger partial charge on any atom is 0.220 e. The first-order valence-corrected chi connectivity index (χ1v) is 10.1. The SMILES string of the molecule is CCCC[C@H]1Cc2c([nH]c3c(F)cc(F)cc23)[C@H](c2ccc(C#N)cn2)N1C(C)=O. The smallest absolute Gasteiger partial charge is 0.220 e. The molecular formula is C23H22F2N4O. The predicted molar refractivity (Wildman–Crippen MR) is 109 cm³/mol. The van der Waals surface area contributed by atoms with Crippen molar-refractivity contribution in [2.45, 2.75) is 51.6 Å². The Morgan fingerprint density at radius 3 is 2.80 bits per heavy atom. The molecule has 5 nitrogen and oxygen atoms in total. The number of hydrogen-bond acceptors (Lipinski definition) is 3. The number of carbonyl (C=O) groups excluding carboxylic acids is 1. The fourth-order valence-electron chi connectivity index (χ4n) is 4.47. The van der Waals surface area contributed by atoms with E-state index in [-0.39, 0.29) is 17.5 Å². The van der Waals surface area contributed by atoms with Gasteiger partial charge in [0.05, 0.1) is 16.8 Å². The van der Waals surface area contributed by atoms with Crippen LogP contribution in [0.4, 0.5) is 8.78 Å². The van der Waals surface area contributed by atoms with Crippen LogP contribution in [0.2, 0.25) is 0 Å². The lowest BCUT2D eigenvalue weighted by Crippen LogP contribution is -2.47. The largest absolute Gasteiger partial charge is 0.354 e. The van der Waals surface area contributed by atoms with Crippen molar-refractivity contribution >= 4 is 16.8 Å². The van der Waals surface area contributed by atoms with Gasteiger partial charge in [-0.05, 0) is 36.6 Å². The highest BCUT2D eigenvalue weighted by atomic mass is 19.1. The van der Waals surface area contributed by atoms with Crippen molar-refractivity contribution in [2.24, 2.45) is 0 Å². The van der Waals surface area contributed by atoms with Crippen LogP contribution in [0.5, 0.6) is 0 Å². The van der Waals surface area contributed by atoms with Gasteiger partial charge in [0.1, 0.15) is 23.7 Å². The highest BCUT2D eigenvalue weighted by molar-refractivity contribution is 5.87. The van der Waals surface area contributed by atoms with Gasteiger partial charge in [-0.25, -0.2) is 8.78 Å². The summed E-state index contributed by atoms with van der Waals surface area (Å²) in [7, 11) is 0. The van der Waals surface area contributed by atoms with Gasteiger partial charge in [-0.1, -0.05) is 19.8 Å². The molecule has 2 atom stereocenters. The zero-order valence-corrected chi connectivity index (χ0v) is 16.9. The summed E-state index contributed by atoms with van der Waals surface area (Å²) in [6.07, 6.45) is 4.68. The first kappa shape index (κ1) is 20.0. The Labute approximate surface area is 173 Å². The van der Waals surface area contributed by atoms with Crippen LogP contribution in [0.15, 0.2) is 30.5 Å². The second-order valence-electron chi connectivity index (χ2n) is 7.74. The summed E-state index contributed by atoms with van der Waals surface area (Å²) in [5.41, 5.74) is 2.70. The maximum atomic E-state index is 14.5. The Hall–Kier alpha value is -3.27. The summed E-state index contributed by atoms with van der Waals surface area (Å²) in [6.45, 7) is 3.60. The molecule has 0 radical (unpaired) electrons.